The Hall–Kier alpha value is -2.08. The Balaban J connectivity index is 1.74. The number of nitrogens with one attached hydrogen (secondary N) is 2. The maximum Gasteiger partial charge on any atom is 0.337 e. The predicted octanol–water partition coefficient (Wildman–Crippen LogP) is 3.50. The molecule has 2 N–H and O–H groups in total. The summed E-state index contributed by atoms with van der Waals surface area (Å²) in [4.78, 5) is 23.5. The summed E-state index contributed by atoms with van der Waals surface area (Å²) >= 11 is 0. The highest BCUT2D eigenvalue weighted by atomic mass is 16.5. The number of aryl methyl sites for hydroxylation is 1. The van der Waals surface area contributed by atoms with E-state index in [1.54, 1.807) is 18.2 Å². The first-order valence-corrected chi connectivity index (χ1v) is 8.86. The Morgan fingerprint density at radius 1 is 1.24 bits per heavy atom. The first-order valence-electron chi connectivity index (χ1n) is 8.86. The molecule has 1 aromatic rings. The van der Waals surface area contributed by atoms with Gasteiger partial charge in [0, 0.05) is 12.2 Å². The van der Waals surface area contributed by atoms with Crippen molar-refractivity contribution in [2.45, 2.75) is 45.6 Å². The highest BCUT2D eigenvalue weighted by molar-refractivity contribution is 5.93. The number of benzene rings is 1. The Morgan fingerprint density at radius 2 is 2.00 bits per heavy atom. The van der Waals surface area contributed by atoms with Gasteiger partial charge in [-0.2, -0.15) is 0 Å². The molecule has 2 amide bonds. The monoisotopic (exact) mass is 348 g/mol. The second-order valence-electron chi connectivity index (χ2n) is 6.57. The van der Waals surface area contributed by atoms with Gasteiger partial charge in [-0.15, -0.1) is 0 Å². The van der Waals surface area contributed by atoms with Gasteiger partial charge in [0.1, 0.15) is 0 Å². The third-order valence-corrected chi connectivity index (χ3v) is 4.65. The maximum absolute atomic E-state index is 12.0. The number of rotatable bonds is 6. The number of urea groups is 1. The van der Waals surface area contributed by atoms with Crippen LogP contribution in [0.1, 0.15) is 48.5 Å². The van der Waals surface area contributed by atoms with E-state index in [0.29, 0.717) is 36.4 Å². The molecule has 1 aromatic carbocycles. The molecule has 0 aromatic heterocycles. The van der Waals surface area contributed by atoms with Gasteiger partial charge in [-0.3, -0.25) is 0 Å². The lowest BCUT2D eigenvalue weighted by atomic mass is 9.88. The minimum Gasteiger partial charge on any atom is -0.465 e. The van der Waals surface area contributed by atoms with Crippen LogP contribution in [0.3, 0.4) is 0 Å². The number of ether oxygens (including phenoxy) is 2. The van der Waals surface area contributed by atoms with Gasteiger partial charge in [0.25, 0.3) is 0 Å². The average Bonchev–Trinajstić information content (AvgIpc) is 2.61. The fraction of sp³-hybridized carbons (Fsp3) is 0.579. The summed E-state index contributed by atoms with van der Waals surface area (Å²) in [5.74, 6) is 0.201. The molecular formula is C19H28N2O4. The van der Waals surface area contributed by atoms with E-state index in [1.165, 1.54) is 26.4 Å². The van der Waals surface area contributed by atoms with Gasteiger partial charge in [-0.1, -0.05) is 19.8 Å². The maximum atomic E-state index is 12.0. The van der Waals surface area contributed by atoms with Gasteiger partial charge >= 0.3 is 12.0 Å². The molecule has 0 bridgehead atoms. The third kappa shape index (κ3) is 5.74. The standard InChI is InChI=1S/C19H28N2O4/c1-13-6-4-5-7-17(13)25-11-10-20-19(23)21-16-9-8-15(12-14(16)2)18(22)24-3/h8-9,12-13,17H,4-7,10-11H2,1-3H3,(H2,20,21,23). The molecule has 2 rings (SSSR count). The van der Waals surface area contributed by atoms with Crippen molar-refractivity contribution in [2.24, 2.45) is 5.92 Å². The molecule has 1 aliphatic carbocycles. The molecule has 6 heteroatoms. The molecule has 0 aliphatic heterocycles. The number of amides is 2. The second-order valence-corrected chi connectivity index (χ2v) is 6.57. The number of carbonyl (C=O) groups is 2. The second kappa shape index (κ2) is 9.42. The fourth-order valence-corrected chi connectivity index (χ4v) is 3.12. The minimum atomic E-state index is -0.395. The Morgan fingerprint density at radius 3 is 2.68 bits per heavy atom. The number of hydrogen-bond donors (Lipinski definition) is 2. The van der Waals surface area contributed by atoms with E-state index in [2.05, 4.69) is 22.3 Å². The van der Waals surface area contributed by atoms with Crippen molar-refractivity contribution in [3.05, 3.63) is 29.3 Å². The van der Waals surface area contributed by atoms with Gasteiger partial charge in [0.15, 0.2) is 0 Å². The van der Waals surface area contributed by atoms with Crippen LogP contribution in [0.2, 0.25) is 0 Å². The summed E-state index contributed by atoms with van der Waals surface area (Å²) in [6.07, 6.45) is 5.16. The molecule has 6 nitrogen and oxygen atoms in total. The molecule has 1 aliphatic rings. The van der Waals surface area contributed by atoms with Gasteiger partial charge in [-0.05, 0) is 49.4 Å². The number of esters is 1. The number of carbonyl (C=O) groups excluding carboxylic acids is 2. The Bertz CT molecular complexity index is 603. The topological polar surface area (TPSA) is 76.7 Å². The first-order chi connectivity index (χ1) is 12.0. The van der Waals surface area contributed by atoms with E-state index in [-0.39, 0.29) is 6.03 Å². The molecular weight excluding hydrogens is 320 g/mol. The van der Waals surface area contributed by atoms with Gasteiger partial charge < -0.3 is 20.1 Å². The van der Waals surface area contributed by atoms with Crippen molar-refractivity contribution >= 4 is 17.7 Å². The van der Waals surface area contributed by atoms with Crippen LogP contribution in [0, 0.1) is 12.8 Å². The predicted molar refractivity (Wildman–Crippen MR) is 96.9 cm³/mol. The van der Waals surface area contributed by atoms with E-state index in [9.17, 15) is 9.59 Å². The lowest BCUT2D eigenvalue weighted by Gasteiger charge is -2.28. The van der Waals surface area contributed by atoms with E-state index in [0.717, 1.165) is 12.0 Å². The van der Waals surface area contributed by atoms with Crippen LogP contribution < -0.4 is 10.6 Å². The highest BCUT2D eigenvalue weighted by Gasteiger charge is 2.21. The van der Waals surface area contributed by atoms with E-state index in [4.69, 9.17) is 4.74 Å². The van der Waals surface area contributed by atoms with Crippen LogP contribution in [0.4, 0.5) is 10.5 Å². The van der Waals surface area contributed by atoms with Gasteiger partial charge in [0.2, 0.25) is 0 Å². The van der Waals surface area contributed by atoms with Crippen molar-refractivity contribution in [2.75, 3.05) is 25.6 Å². The van der Waals surface area contributed by atoms with Crippen molar-refractivity contribution in [1.82, 2.24) is 5.32 Å². The van der Waals surface area contributed by atoms with Crippen molar-refractivity contribution in [3.63, 3.8) is 0 Å². The van der Waals surface area contributed by atoms with E-state index >= 15 is 0 Å². The smallest absolute Gasteiger partial charge is 0.337 e. The molecule has 1 fully saturated rings. The quantitative estimate of drug-likeness (QED) is 0.609. The van der Waals surface area contributed by atoms with Crippen LogP contribution in [0.5, 0.6) is 0 Å². The lowest BCUT2D eigenvalue weighted by Crippen LogP contribution is -2.34. The minimum absolute atomic E-state index is 0.283. The van der Waals surface area contributed by atoms with Crippen LogP contribution in [-0.4, -0.2) is 38.4 Å². The van der Waals surface area contributed by atoms with Gasteiger partial charge in [-0.25, -0.2) is 9.59 Å². The molecule has 2 unspecified atom stereocenters. The summed E-state index contributed by atoms with van der Waals surface area (Å²) in [6.45, 7) is 5.04. The normalized spacial score (nSPS) is 20.0. The number of hydrogen-bond acceptors (Lipinski definition) is 4. The zero-order chi connectivity index (χ0) is 18.2. The molecule has 0 radical (unpaired) electrons. The molecule has 0 spiro atoms. The van der Waals surface area contributed by atoms with Crippen molar-refractivity contribution < 1.29 is 19.1 Å². The zero-order valence-corrected chi connectivity index (χ0v) is 15.3. The van der Waals surface area contributed by atoms with Crippen LogP contribution >= 0.6 is 0 Å². The zero-order valence-electron chi connectivity index (χ0n) is 15.3. The summed E-state index contributed by atoms with van der Waals surface area (Å²) in [6, 6.07) is 4.73. The van der Waals surface area contributed by atoms with Crippen LogP contribution in [0.25, 0.3) is 0 Å². The first kappa shape index (κ1) is 19.2. The molecule has 25 heavy (non-hydrogen) atoms. The Kier molecular flexibility index (Phi) is 7.25. The Labute approximate surface area is 149 Å². The number of anilines is 1. The SMILES string of the molecule is COC(=O)c1ccc(NC(=O)NCCOC2CCCCC2C)c(C)c1. The summed E-state index contributed by atoms with van der Waals surface area (Å²) < 4.78 is 10.6. The van der Waals surface area contributed by atoms with Crippen molar-refractivity contribution in [3.8, 4) is 0 Å². The highest BCUT2D eigenvalue weighted by Crippen LogP contribution is 2.26. The summed E-state index contributed by atoms with van der Waals surface area (Å²) in [5, 5.41) is 5.58. The summed E-state index contributed by atoms with van der Waals surface area (Å²) in [5.41, 5.74) is 1.92. The van der Waals surface area contributed by atoms with Crippen molar-refractivity contribution in [1.29, 1.82) is 0 Å². The molecule has 2 atom stereocenters. The molecule has 138 valence electrons. The molecule has 1 saturated carbocycles. The lowest BCUT2D eigenvalue weighted by molar-refractivity contribution is -0.00232. The molecule has 0 heterocycles. The van der Waals surface area contributed by atoms with E-state index in [1.807, 2.05) is 6.92 Å². The molecule has 0 saturated heterocycles. The largest absolute Gasteiger partial charge is 0.465 e. The van der Waals surface area contributed by atoms with E-state index < -0.39 is 5.97 Å². The third-order valence-electron chi connectivity index (χ3n) is 4.65. The number of methoxy groups -OCH3 is 1. The fourth-order valence-electron chi connectivity index (χ4n) is 3.12. The van der Waals surface area contributed by atoms with Crippen LogP contribution in [0.15, 0.2) is 18.2 Å². The van der Waals surface area contributed by atoms with Crippen LogP contribution in [-0.2, 0) is 9.47 Å². The average molecular weight is 348 g/mol. The van der Waals surface area contributed by atoms with Gasteiger partial charge in [0.05, 0.1) is 25.4 Å². The summed E-state index contributed by atoms with van der Waals surface area (Å²) in [7, 11) is 1.34.